The minimum atomic E-state index is 0.366. The Bertz CT molecular complexity index is 347. The molecule has 0 amide bonds. The molecule has 2 rings (SSSR count). The predicted octanol–water partition coefficient (Wildman–Crippen LogP) is 3.49. The molecule has 0 radical (unpaired) electrons. The van der Waals surface area contributed by atoms with Crippen LogP contribution in [0.25, 0.3) is 0 Å². The molecule has 0 saturated heterocycles. The van der Waals surface area contributed by atoms with E-state index in [9.17, 15) is 5.11 Å². The molecule has 2 heteroatoms. The van der Waals surface area contributed by atoms with Crippen molar-refractivity contribution in [1.29, 1.82) is 0 Å². The van der Waals surface area contributed by atoms with E-state index in [1.165, 1.54) is 37.7 Å². The third kappa shape index (κ3) is 4.02. The van der Waals surface area contributed by atoms with Gasteiger partial charge in [0.05, 0.1) is 0 Å². The molecule has 1 aliphatic rings. The summed E-state index contributed by atoms with van der Waals surface area (Å²) < 4.78 is 0. The second-order valence-corrected chi connectivity index (χ2v) is 5.51. The minimum absolute atomic E-state index is 0.366. The molecule has 1 fully saturated rings. The molecule has 2 atom stereocenters. The molecule has 1 aromatic rings. The van der Waals surface area contributed by atoms with Gasteiger partial charge in [0.1, 0.15) is 5.75 Å². The lowest BCUT2D eigenvalue weighted by atomic mass is 9.91. The number of nitrogens with one attached hydrogen (secondary N) is 1. The van der Waals surface area contributed by atoms with Crippen molar-refractivity contribution in [1.82, 2.24) is 5.32 Å². The van der Waals surface area contributed by atoms with Gasteiger partial charge in [-0.3, -0.25) is 0 Å². The van der Waals surface area contributed by atoms with E-state index in [-0.39, 0.29) is 0 Å². The molecule has 2 unspecified atom stereocenters. The molecule has 1 aliphatic carbocycles. The molecular formula is C16H25NO. The van der Waals surface area contributed by atoms with Crippen LogP contribution >= 0.6 is 0 Å². The Morgan fingerprint density at radius 1 is 1.17 bits per heavy atom. The lowest BCUT2D eigenvalue weighted by Gasteiger charge is -2.20. The highest BCUT2D eigenvalue weighted by molar-refractivity contribution is 5.26. The zero-order valence-electron chi connectivity index (χ0n) is 11.4. The number of phenols is 1. The highest BCUT2D eigenvalue weighted by atomic mass is 16.3. The van der Waals surface area contributed by atoms with Gasteiger partial charge in [-0.15, -0.1) is 0 Å². The van der Waals surface area contributed by atoms with Gasteiger partial charge in [0.2, 0.25) is 0 Å². The maximum absolute atomic E-state index is 9.31. The first-order valence-electron chi connectivity index (χ1n) is 7.29. The van der Waals surface area contributed by atoms with Crippen LogP contribution in [-0.4, -0.2) is 17.7 Å². The molecule has 0 spiro atoms. The SMILES string of the molecule is CCNC1CCCCC(Cc2ccc(O)cc2)C1. The molecule has 0 aliphatic heterocycles. The van der Waals surface area contributed by atoms with E-state index >= 15 is 0 Å². The van der Waals surface area contributed by atoms with Crippen molar-refractivity contribution in [3.05, 3.63) is 29.8 Å². The van der Waals surface area contributed by atoms with Gasteiger partial charge >= 0.3 is 0 Å². The predicted molar refractivity (Wildman–Crippen MR) is 75.9 cm³/mol. The summed E-state index contributed by atoms with van der Waals surface area (Å²) in [5.41, 5.74) is 1.36. The minimum Gasteiger partial charge on any atom is -0.508 e. The van der Waals surface area contributed by atoms with Crippen LogP contribution < -0.4 is 5.32 Å². The van der Waals surface area contributed by atoms with Gasteiger partial charge < -0.3 is 10.4 Å². The Labute approximate surface area is 110 Å². The van der Waals surface area contributed by atoms with Gasteiger partial charge in [0, 0.05) is 6.04 Å². The van der Waals surface area contributed by atoms with Crippen LogP contribution in [-0.2, 0) is 6.42 Å². The largest absolute Gasteiger partial charge is 0.508 e. The molecule has 2 N–H and O–H groups in total. The maximum atomic E-state index is 9.31. The summed E-state index contributed by atoms with van der Waals surface area (Å²) in [6.07, 6.45) is 7.87. The molecular weight excluding hydrogens is 222 g/mol. The van der Waals surface area contributed by atoms with E-state index in [0.29, 0.717) is 11.8 Å². The average Bonchev–Trinajstić information content (AvgIpc) is 2.58. The summed E-state index contributed by atoms with van der Waals surface area (Å²) in [7, 11) is 0. The highest BCUT2D eigenvalue weighted by Gasteiger charge is 2.19. The molecule has 1 aromatic carbocycles. The first-order chi connectivity index (χ1) is 8.78. The Morgan fingerprint density at radius 2 is 1.89 bits per heavy atom. The Kier molecular flexibility index (Phi) is 5.06. The van der Waals surface area contributed by atoms with Gasteiger partial charge in [-0.2, -0.15) is 0 Å². The first-order valence-corrected chi connectivity index (χ1v) is 7.29. The van der Waals surface area contributed by atoms with E-state index < -0.39 is 0 Å². The van der Waals surface area contributed by atoms with Crippen molar-refractivity contribution >= 4 is 0 Å². The van der Waals surface area contributed by atoms with Crippen molar-refractivity contribution < 1.29 is 5.11 Å². The fraction of sp³-hybridized carbons (Fsp3) is 0.625. The molecule has 0 heterocycles. The summed E-state index contributed by atoms with van der Waals surface area (Å²) in [6, 6.07) is 8.42. The summed E-state index contributed by atoms with van der Waals surface area (Å²) >= 11 is 0. The number of benzene rings is 1. The van der Waals surface area contributed by atoms with Gasteiger partial charge in [0.15, 0.2) is 0 Å². The topological polar surface area (TPSA) is 32.3 Å². The van der Waals surface area contributed by atoms with Crippen LogP contribution in [0.5, 0.6) is 5.75 Å². The maximum Gasteiger partial charge on any atom is 0.115 e. The second-order valence-electron chi connectivity index (χ2n) is 5.51. The van der Waals surface area contributed by atoms with Crippen LogP contribution in [0.2, 0.25) is 0 Å². The summed E-state index contributed by atoms with van der Waals surface area (Å²) in [5.74, 6) is 1.16. The van der Waals surface area contributed by atoms with Crippen LogP contribution in [0, 0.1) is 5.92 Å². The van der Waals surface area contributed by atoms with Gasteiger partial charge in [-0.1, -0.05) is 38.3 Å². The molecule has 100 valence electrons. The number of hydrogen-bond donors (Lipinski definition) is 2. The Balaban J connectivity index is 1.92. The number of phenolic OH excluding ortho intramolecular Hbond substituents is 1. The molecule has 18 heavy (non-hydrogen) atoms. The van der Waals surface area contributed by atoms with E-state index in [0.717, 1.165) is 18.9 Å². The number of hydrogen-bond acceptors (Lipinski definition) is 2. The third-order valence-electron chi connectivity index (χ3n) is 3.99. The lowest BCUT2D eigenvalue weighted by molar-refractivity contribution is 0.389. The highest BCUT2D eigenvalue weighted by Crippen LogP contribution is 2.27. The van der Waals surface area contributed by atoms with Crippen molar-refractivity contribution in [3.8, 4) is 5.75 Å². The lowest BCUT2D eigenvalue weighted by Crippen LogP contribution is -2.30. The average molecular weight is 247 g/mol. The van der Waals surface area contributed by atoms with Gasteiger partial charge in [-0.05, 0) is 49.4 Å². The van der Waals surface area contributed by atoms with Crippen LogP contribution in [0.3, 0.4) is 0 Å². The second kappa shape index (κ2) is 6.79. The molecule has 1 saturated carbocycles. The zero-order valence-corrected chi connectivity index (χ0v) is 11.4. The number of rotatable bonds is 4. The van der Waals surface area contributed by atoms with Gasteiger partial charge in [0.25, 0.3) is 0 Å². The van der Waals surface area contributed by atoms with Crippen LogP contribution in [0.4, 0.5) is 0 Å². The zero-order chi connectivity index (χ0) is 12.8. The Hall–Kier alpha value is -1.02. The standard InChI is InChI=1S/C16H25NO/c1-2-17-15-6-4-3-5-14(12-15)11-13-7-9-16(18)10-8-13/h7-10,14-15,17-18H,2-6,11-12H2,1H3. The quantitative estimate of drug-likeness (QED) is 0.798. The fourth-order valence-electron chi connectivity index (χ4n) is 3.09. The van der Waals surface area contributed by atoms with E-state index in [1.807, 2.05) is 0 Å². The monoisotopic (exact) mass is 247 g/mol. The summed E-state index contributed by atoms with van der Waals surface area (Å²) in [4.78, 5) is 0. The normalized spacial score (nSPS) is 24.7. The summed E-state index contributed by atoms with van der Waals surface area (Å²) in [5, 5.41) is 12.9. The van der Waals surface area contributed by atoms with Crippen molar-refractivity contribution in [2.45, 2.75) is 51.5 Å². The third-order valence-corrected chi connectivity index (χ3v) is 3.99. The Morgan fingerprint density at radius 3 is 2.61 bits per heavy atom. The van der Waals surface area contributed by atoms with Crippen molar-refractivity contribution in [2.75, 3.05) is 6.54 Å². The molecule has 0 bridgehead atoms. The van der Waals surface area contributed by atoms with Crippen LogP contribution in [0.1, 0.15) is 44.6 Å². The van der Waals surface area contributed by atoms with Crippen LogP contribution in [0.15, 0.2) is 24.3 Å². The van der Waals surface area contributed by atoms with E-state index in [4.69, 9.17) is 0 Å². The van der Waals surface area contributed by atoms with E-state index in [1.54, 1.807) is 12.1 Å². The first kappa shape index (κ1) is 13.4. The molecule has 2 nitrogen and oxygen atoms in total. The molecule has 0 aromatic heterocycles. The van der Waals surface area contributed by atoms with E-state index in [2.05, 4.69) is 24.4 Å². The fourth-order valence-corrected chi connectivity index (χ4v) is 3.09. The van der Waals surface area contributed by atoms with Crippen molar-refractivity contribution in [3.63, 3.8) is 0 Å². The van der Waals surface area contributed by atoms with Gasteiger partial charge in [-0.25, -0.2) is 0 Å². The van der Waals surface area contributed by atoms with Crippen molar-refractivity contribution in [2.24, 2.45) is 5.92 Å². The number of aromatic hydroxyl groups is 1. The smallest absolute Gasteiger partial charge is 0.115 e. The summed E-state index contributed by atoms with van der Waals surface area (Å²) in [6.45, 7) is 3.27.